The van der Waals surface area contributed by atoms with Crippen LogP contribution in [-0.2, 0) is 28.2 Å². The number of carbonyl (C=O) groups is 2. The smallest absolute Gasteiger partial charge is 0.328 e. The number of nitrogens with zero attached hydrogens (tertiary/aromatic N) is 1. The van der Waals surface area contributed by atoms with E-state index in [2.05, 4.69) is 6.92 Å². The van der Waals surface area contributed by atoms with Crippen molar-refractivity contribution in [2.24, 2.45) is 0 Å². The number of unbranched alkanes of at least 4 members (excludes halogenated alkanes) is 4. The molecule has 178 valence electrons. The van der Waals surface area contributed by atoms with Gasteiger partial charge in [-0.05, 0) is 19.3 Å². The first-order chi connectivity index (χ1) is 14.0. The van der Waals surface area contributed by atoms with Gasteiger partial charge in [0, 0.05) is 12.8 Å². The highest BCUT2D eigenvalue weighted by molar-refractivity contribution is 7.52. The lowest BCUT2D eigenvalue weighted by Gasteiger charge is -2.24. The second kappa shape index (κ2) is 15.8. The molecule has 0 radical (unpaired) electrons. The van der Waals surface area contributed by atoms with Crippen LogP contribution in [0.3, 0.4) is 0 Å². The van der Waals surface area contributed by atoms with Gasteiger partial charge in [-0.25, -0.2) is 0 Å². The Labute approximate surface area is 182 Å². The van der Waals surface area contributed by atoms with E-state index < -0.39 is 13.7 Å². The first kappa shape index (κ1) is 29.1. The Morgan fingerprint density at radius 2 is 1.53 bits per heavy atom. The van der Waals surface area contributed by atoms with Gasteiger partial charge in [-0.3, -0.25) is 14.2 Å². The Hall–Kier alpha value is -0.950. The highest BCUT2D eigenvalue weighted by Gasteiger charge is 2.25. The third-order valence-electron chi connectivity index (χ3n) is 4.49. The number of hydrogen-bond acceptors (Lipinski definition) is 6. The molecule has 0 saturated heterocycles. The van der Waals surface area contributed by atoms with Crippen LogP contribution in [0.1, 0.15) is 71.6 Å². The van der Waals surface area contributed by atoms with Crippen molar-refractivity contribution < 1.29 is 37.5 Å². The third-order valence-corrected chi connectivity index (χ3v) is 5.90. The highest BCUT2D eigenvalue weighted by Crippen LogP contribution is 2.42. The Morgan fingerprint density at radius 3 is 2.07 bits per heavy atom. The first-order valence-corrected chi connectivity index (χ1v) is 12.9. The summed E-state index contributed by atoms with van der Waals surface area (Å²) >= 11 is 0. The standard InChI is InChI=1S/C21H42NO7P/c1-6-8-10-12-20(23)27-18-19(29-21(24)13-11-9-7-2)14-17-30(25,26)28-16-15-22(3,4)5/h19H,6-18H2,1-5H3/p+1/t19-/m0/s1. The Morgan fingerprint density at radius 1 is 0.967 bits per heavy atom. The van der Waals surface area contributed by atoms with E-state index in [-0.39, 0.29) is 44.2 Å². The lowest BCUT2D eigenvalue weighted by atomic mass is 10.2. The molecule has 0 rings (SSSR count). The Bertz CT molecular complexity index is 534. The van der Waals surface area contributed by atoms with Crippen molar-refractivity contribution in [2.75, 3.05) is 47.1 Å². The Balaban J connectivity index is 4.63. The molecule has 1 N–H and O–H groups in total. The molecule has 2 atom stereocenters. The van der Waals surface area contributed by atoms with E-state index in [0.717, 1.165) is 38.5 Å². The summed E-state index contributed by atoms with van der Waals surface area (Å²) in [7, 11) is 2.09. The number of hydrogen-bond donors (Lipinski definition) is 1. The minimum atomic E-state index is -3.81. The molecule has 0 aliphatic rings. The second-order valence-corrected chi connectivity index (χ2v) is 10.7. The largest absolute Gasteiger partial charge is 0.462 e. The van der Waals surface area contributed by atoms with E-state index in [4.69, 9.17) is 14.0 Å². The monoisotopic (exact) mass is 452 g/mol. The van der Waals surface area contributed by atoms with Gasteiger partial charge in [0.2, 0.25) is 0 Å². The van der Waals surface area contributed by atoms with Crippen molar-refractivity contribution in [3.05, 3.63) is 0 Å². The molecule has 0 amide bonds. The maximum atomic E-state index is 12.3. The molecule has 0 bridgehead atoms. The fraction of sp³-hybridized carbons (Fsp3) is 0.905. The zero-order valence-electron chi connectivity index (χ0n) is 19.6. The van der Waals surface area contributed by atoms with Crippen LogP contribution in [0.25, 0.3) is 0 Å². The molecule has 0 fully saturated rings. The van der Waals surface area contributed by atoms with Crippen molar-refractivity contribution in [3.63, 3.8) is 0 Å². The zero-order chi connectivity index (χ0) is 23.0. The van der Waals surface area contributed by atoms with Gasteiger partial charge in [0.15, 0.2) is 0 Å². The topological polar surface area (TPSA) is 99.1 Å². The van der Waals surface area contributed by atoms with Crippen LogP contribution in [0.15, 0.2) is 0 Å². The Kier molecular flexibility index (Phi) is 15.3. The van der Waals surface area contributed by atoms with Crippen LogP contribution in [-0.4, -0.2) is 74.5 Å². The van der Waals surface area contributed by atoms with Crippen LogP contribution in [0.2, 0.25) is 0 Å². The van der Waals surface area contributed by atoms with Crippen LogP contribution in [0.4, 0.5) is 0 Å². The van der Waals surface area contributed by atoms with Crippen LogP contribution in [0, 0.1) is 0 Å². The van der Waals surface area contributed by atoms with E-state index >= 15 is 0 Å². The molecule has 0 saturated carbocycles. The molecule has 30 heavy (non-hydrogen) atoms. The van der Waals surface area contributed by atoms with Gasteiger partial charge in [0.1, 0.15) is 25.9 Å². The molecule has 1 unspecified atom stereocenters. The molecule has 0 aromatic heterocycles. The molecule has 9 heteroatoms. The number of likely N-dealkylation sites (N-methyl/N-ethyl adjacent to an activating group) is 1. The number of rotatable bonds is 18. The van der Waals surface area contributed by atoms with Crippen molar-refractivity contribution in [3.8, 4) is 0 Å². The summed E-state index contributed by atoms with van der Waals surface area (Å²) in [4.78, 5) is 34.0. The molecule has 0 aromatic carbocycles. The predicted octanol–water partition coefficient (Wildman–Crippen LogP) is 3.90. The van der Waals surface area contributed by atoms with E-state index in [1.165, 1.54) is 0 Å². The molecule has 8 nitrogen and oxygen atoms in total. The van der Waals surface area contributed by atoms with Crippen LogP contribution < -0.4 is 0 Å². The molecule has 0 aliphatic carbocycles. The van der Waals surface area contributed by atoms with Gasteiger partial charge in [-0.1, -0.05) is 39.5 Å². The van der Waals surface area contributed by atoms with Crippen molar-refractivity contribution in [2.45, 2.75) is 77.7 Å². The van der Waals surface area contributed by atoms with Gasteiger partial charge in [-0.2, -0.15) is 0 Å². The van der Waals surface area contributed by atoms with Gasteiger partial charge in [-0.15, -0.1) is 0 Å². The molecule has 0 heterocycles. The zero-order valence-corrected chi connectivity index (χ0v) is 20.5. The average molecular weight is 453 g/mol. The minimum absolute atomic E-state index is 0.0971. The summed E-state index contributed by atoms with van der Waals surface area (Å²) in [6, 6.07) is 0. The summed E-state index contributed by atoms with van der Waals surface area (Å²) in [6.45, 7) is 4.74. The summed E-state index contributed by atoms with van der Waals surface area (Å²) in [5, 5.41) is 0. The number of quaternary nitrogens is 1. The lowest BCUT2D eigenvalue weighted by molar-refractivity contribution is -0.870. The molecule has 0 spiro atoms. The molecular weight excluding hydrogens is 409 g/mol. The molecular formula is C21H43NO7P+. The van der Waals surface area contributed by atoms with E-state index in [1.807, 2.05) is 28.1 Å². The van der Waals surface area contributed by atoms with Crippen LogP contribution in [0.5, 0.6) is 0 Å². The highest BCUT2D eigenvalue weighted by atomic mass is 31.2. The van der Waals surface area contributed by atoms with Gasteiger partial charge >= 0.3 is 19.5 Å². The quantitative estimate of drug-likeness (QED) is 0.146. The van der Waals surface area contributed by atoms with Crippen molar-refractivity contribution in [1.29, 1.82) is 0 Å². The average Bonchev–Trinajstić information content (AvgIpc) is 2.63. The van der Waals surface area contributed by atoms with Gasteiger partial charge in [0.05, 0.1) is 27.3 Å². The molecule has 0 aromatic rings. The number of ether oxygens (including phenoxy) is 2. The van der Waals surface area contributed by atoms with Crippen molar-refractivity contribution >= 4 is 19.5 Å². The summed E-state index contributed by atoms with van der Waals surface area (Å²) in [5.41, 5.74) is 0. The maximum absolute atomic E-state index is 12.3. The van der Waals surface area contributed by atoms with E-state index in [0.29, 0.717) is 17.4 Å². The fourth-order valence-corrected chi connectivity index (χ4v) is 3.66. The van der Waals surface area contributed by atoms with Crippen molar-refractivity contribution in [1.82, 2.24) is 0 Å². The second-order valence-electron chi connectivity index (χ2n) is 8.71. The fourth-order valence-electron chi connectivity index (χ4n) is 2.55. The normalized spacial score (nSPS) is 14.7. The lowest BCUT2D eigenvalue weighted by Crippen LogP contribution is -2.37. The maximum Gasteiger partial charge on any atom is 0.328 e. The van der Waals surface area contributed by atoms with E-state index in [9.17, 15) is 19.0 Å². The van der Waals surface area contributed by atoms with Gasteiger partial charge in [0.25, 0.3) is 0 Å². The number of esters is 2. The van der Waals surface area contributed by atoms with Gasteiger partial charge < -0.3 is 23.4 Å². The first-order valence-electron chi connectivity index (χ1n) is 11.1. The van der Waals surface area contributed by atoms with Crippen LogP contribution >= 0.6 is 7.60 Å². The summed E-state index contributed by atoms with van der Waals surface area (Å²) in [5.74, 6) is -0.726. The molecule has 0 aliphatic heterocycles. The summed E-state index contributed by atoms with van der Waals surface area (Å²) < 4.78 is 28.7. The minimum Gasteiger partial charge on any atom is -0.462 e. The summed E-state index contributed by atoms with van der Waals surface area (Å²) in [6.07, 6.45) is 5.13. The predicted molar refractivity (Wildman–Crippen MR) is 117 cm³/mol. The van der Waals surface area contributed by atoms with E-state index in [1.54, 1.807) is 0 Å². The SMILES string of the molecule is CCCCCC(=O)OC[C@H](CCP(=O)(O)OCC[N+](C)(C)C)OC(=O)CCCCC. The number of carbonyl (C=O) groups excluding carboxylic acids is 2. The third kappa shape index (κ3) is 17.9.